The zero-order chi connectivity index (χ0) is 11.9. The Morgan fingerprint density at radius 2 is 1.72 bits per heavy atom. The van der Waals surface area contributed by atoms with Crippen LogP contribution < -0.4 is 9.47 Å². The second-order valence-corrected chi connectivity index (χ2v) is 4.06. The molecule has 4 nitrogen and oxygen atoms in total. The zero-order valence-electron chi connectivity index (χ0n) is 9.42. The van der Waals surface area contributed by atoms with E-state index in [9.17, 15) is 0 Å². The molecule has 0 saturated heterocycles. The molecule has 1 aliphatic heterocycles. The maximum atomic E-state index is 5.73. The van der Waals surface area contributed by atoms with E-state index < -0.39 is 0 Å². The highest BCUT2D eigenvalue weighted by Crippen LogP contribution is 2.37. The minimum atomic E-state index is 0.257. The van der Waals surface area contributed by atoms with Gasteiger partial charge in [0.1, 0.15) is 5.52 Å². The Morgan fingerprint density at radius 1 is 0.944 bits per heavy atom. The quantitative estimate of drug-likeness (QED) is 0.654. The molecule has 0 amide bonds. The Kier molecular flexibility index (Phi) is 1.85. The van der Waals surface area contributed by atoms with Gasteiger partial charge in [-0.05, 0) is 12.1 Å². The zero-order valence-corrected chi connectivity index (χ0v) is 9.42. The molecule has 0 spiro atoms. The summed E-state index contributed by atoms with van der Waals surface area (Å²) in [6.07, 6.45) is 0. The van der Waals surface area contributed by atoms with Gasteiger partial charge in [-0.25, -0.2) is 4.98 Å². The van der Waals surface area contributed by atoms with E-state index in [4.69, 9.17) is 13.9 Å². The molecule has 0 N–H and O–H groups in total. The molecule has 0 fully saturated rings. The first-order valence-electron chi connectivity index (χ1n) is 5.66. The van der Waals surface area contributed by atoms with Gasteiger partial charge in [-0.15, -0.1) is 0 Å². The maximum Gasteiger partial charge on any atom is 0.231 e. The van der Waals surface area contributed by atoms with Crippen LogP contribution in [0.1, 0.15) is 0 Å². The Bertz CT molecular complexity index is 677. The molecule has 1 aliphatic rings. The van der Waals surface area contributed by atoms with Gasteiger partial charge in [-0.1, -0.05) is 18.2 Å². The summed E-state index contributed by atoms with van der Waals surface area (Å²) in [5, 5.41) is 0. The summed E-state index contributed by atoms with van der Waals surface area (Å²) in [7, 11) is 0. The molecule has 0 bridgehead atoms. The third-order valence-corrected chi connectivity index (χ3v) is 2.90. The molecular formula is C14H9NO3. The fourth-order valence-corrected chi connectivity index (χ4v) is 2.02. The summed E-state index contributed by atoms with van der Waals surface area (Å²) in [6, 6.07) is 13.5. The third-order valence-electron chi connectivity index (χ3n) is 2.90. The molecule has 88 valence electrons. The fourth-order valence-electron chi connectivity index (χ4n) is 2.02. The highest BCUT2D eigenvalue weighted by molar-refractivity contribution is 5.80. The second-order valence-electron chi connectivity index (χ2n) is 4.06. The Labute approximate surface area is 103 Å². The lowest BCUT2D eigenvalue weighted by molar-refractivity contribution is 0.174. The number of hydrogen-bond acceptors (Lipinski definition) is 4. The number of aromatic nitrogens is 1. The number of ether oxygens (including phenoxy) is 2. The SMILES string of the molecule is c1ccc(-c2nc3cc4c(cc3o2)OCO4)cc1. The van der Waals surface area contributed by atoms with Gasteiger partial charge in [-0.3, -0.25) is 0 Å². The number of oxazole rings is 1. The van der Waals surface area contributed by atoms with Crippen LogP contribution in [0.3, 0.4) is 0 Å². The monoisotopic (exact) mass is 239 g/mol. The van der Waals surface area contributed by atoms with Gasteiger partial charge < -0.3 is 13.9 Å². The van der Waals surface area contributed by atoms with Gasteiger partial charge in [0.2, 0.25) is 12.7 Å². The van der Waals surface area contributed by atoms with Crippen molar-refractivity contribution in [1.29, 1.82) is 0 Å². The second kappa shape index (κ2) is 3.50. The summed E-state index contributed by atoms with van der Waals surface area (Å²) < 4.78 is 16.4. The molecule has 0 saturated carbocycles. The van der Waals surface area contributed by atoms with Crippen LogP contribution in [0.2, 0.25) is 0 Å². The molecule has 0 radical (unpaired) electrons. The van der Waals surface area contributed by atoms with E-state index in [1.807, 2.05) is 42.5 Å². The van der Waals surface area contributed by atoms with Crippen LogP contribution in [-0.4, -0.2) is 11.8 Å². The van der Waals surface area contributed by atoms with E-state index in [0.717, 1.165) is 16.8 Å². The van der Waals surface area contributed by atoms with E-state index in [1.165, 1.54) is 0 Å². The van der Waals surface area contributed by atoms with Crippen molar-refractivity contribution in [2.75, 3.05) is 6.79 Å². The predicted molar refractivity (Wildman–Crippen MR) is 65.6 cm³/mol. The molecule has 4 heteroatoms. The van der Waals surface area contributed by atoms with Crippen molar-refractivity contribution in [3.63, 3.8) is 0 Å². The van der Waals surface area contributed by atoms with Crippen LogP contribution in [0.5, 0.6) is 11.5 Å². The number of nitrogens with zero attached hydrogens (tertiary/aromatic N) is 1. The van der Waals surface area contributed by atoms with Gasteiger partial charge in [0, 0.05) is 17.7 Å². The molecule has 1 aromatic heterocycles. The summed E-state index contributed by atoms with van der Waals surface area (Å²) in [4.78, 5) is 4.46. The maximum absolute atomic E-state index is 5.73. The Balaban J connectivity index is 1.90. The van der Waals surface area contributed by atoms with Crippen molar-refractivity contribution in [3.05, 3.63) is 42.5 Å². The average molecular weight is 239 g/mol. The minimum absolute atomic E-state index is 0.257. The molecule has 0 atom stereocenters. The van der Waals surface area contributed by atoms with Gasteiger partial charge in [0.05, 0.1) is 0 Å². The molecule has 3 aromatic rings. The van der Waals surface area contributed by atoms with Crippen LogP contribution in [0.15, 0.2) is 46.9 Å². The van der Waals surface area contributed by atoms with Crippen LogP contribution >= 0.6 is 0 Å². The molecule has 0 unspecified atom stereocenters. The molecule has 0 aliphatic carbocycles. The fraction of sp³-hybridized carbons (Fsp3) is 0.0714. The largest absolute Gasteiger partial charge is 0.454 e. The van der Waals surface area contributed by atoms with Crippen LogP contribution in [0.25, 0.3) is 22.6 Å². The van der Waals surface area contributed by atoms with Gasteiger partial charge in [0.15, 0.2) is 17.1 Å². The first kappa shape index (κ1) is 9.53. The van der Waals surface area contributed by atoms with E-state index in [1.54, 1.807) is 0 Å². The highest BCUT2D eigenvalue weighted by Gasteiger charge is 2.17. The minimum Gasteiger partial charge on any atom is -0.454 e. The molecular weight excluding hydrogens is 230 g/mol. The van der Waals surface area contributed by atoms with E-state index >= 15 is 0 Å². The smallest absolute Gasteiger partial charge is 0.231 e. The Hall–Kier alpha value is -2.49. The van der Waals surface area contributed by atoms with Crippen molar-refractivity contribution in [2.24, 2.45) is 0 Å². The van der Waals surface area contributed by atoms with Crippen LogP contribution in [-0.2, 0) is 0 Å². The molecule has 2 aromatic carbocycles. The highest BCUT2D eigenvalue weighted by atomic mass is 16.7. The first-order chi connectivity index (χ1) is 8.90. The number of rotatable bonds is 1. The first-order valence-corrected chi connectivity index (χ1v) is 5.66. The van der Waals surface area contributed by atoms with Crippen molar-refractivity contribution in [1.82, 2.24) is 4.98 Å². The topological polar surface area (TPSA) is 44.5 Å². The van der Waals surface area contributed by atoms with Gasteiger partial charge in [0.25, 0.3) is 0 Å². The van der Waals surface area contributed by atoms with E-state index in [2.05, 4.69) is 4.98 Å². The van der Waals surface area contributed by atoms with Crippen molar-refractivity contribution >= 4 is 11.1 Å². The number of benzene rings is 2. The lowest BCUT2D eigenvalue weighted by atomic mass is 10.2. The van der Waals surface area contributed by atoms with Crippen LogP contribution in [0, 0.1) is 0 Å². The summed E-state index contributed by atoms with van der Waals surface area (Å²) in [5.41, 5.74) is 2.44. The normalized spacial score (nSPS) is 13.1. The van der Waals surface area contributed by atoms with Gasteiger partial charge in [-0.2, -0.15) is 0 Å². The van der Waals surface area contributed by atoms with Crippen molar-refractivity contribution < 1.29 is 13.9 Å². The summed E-state index contributed by atoms with van der Waals surface area (Å²) >= 11 is 0. The predicted octanol–water partition coefficient (Wildman–Crippen LogP) is 3.22. The van der Waals surface area contributed by atoms with Crippen molar-refractivity contribution in [3.8, 4) is 23.0 Å². The van der Waals surface area contributed by atoms with Crippen LogP contribution in [0.4, 0.5) is 0 Å². The number of hydrogen-bond donors (Lipinski definition) is 0. The summed E-state index contributed by atoms with van der Waals surface area (Å²) in [5.74, 6) is 2.03. The van der Waals surface area contributed by atoms with E-state index in [0.29, 0.717) is 17.2 Å². The molecule has 4 rings (SSSR count). The van der Waals surface area contributed by atoms with Gasteiger partial charge >= 0.3 is 0 Å². The van der Waals surface area contributed by atoms with E-state index in [-0.39, 0.29) is 6.79 Å². The third kappa shape index (κ3) is 1.35. The number of fused-ring (bicyclic) bond motifs is 2. The van der Waals surface area contributed by atoms with Crippen molar-refractivity contribution in [2.45, 2.75) is 0 Å². The average Bonchev–Trinajstić information content (AvgIpc) is 3.01. The molecule has 2 heterocycles. The Morgan fingerprint density at radius 3 is 2.56 bits per heavy atom. The lowest BCUT2D eigenvalue weighted by Gasteiger charge is -1.92. The summed E-state index contributed by atoms with van der Waals surface area (Å²) in [6.45, 7) is 0.257. The molecule has 18 heavy (non-hydrogen) atoms. The standard InChI is InChI=1S/C14H9NO3/c1-2-4-9(5-3-1)14-15-10-6-12-13(17-8-16-12)7-11(10)18-14/h1-7H,8H2. The lowest BCUT2D eigenvalue weighted by Crippen LogP contribution is -1.92.